The molecule has 3 aromatic carbocycles. The number of nitrogens with zero attached hydrogens (tertiary/aromatic N) is 3. The van der Waals surface area contributed by atoms with Crippen LogP contribution in [0.3, 0.4) is 0 Å². The summed E-state index contributed by atoms with van der Waals surface area (Å²) in [7, 11) is 1.66. The second-order valence-corrected chi connectivity index (χ2v) is 7.44. The first-order chi connectivity index (χ1) is 13.8. The summed E-state index contributed by atoms with van der Waals surface area (Å²) in [5, 5.41) is 10.5. The molecule has 0 atom stereocenters. The topological polar surface area (TPSA) is 39.9 Å². The number of rotatable bonds is 6. The molecule has 140 valence electrons. The minimum Gasteiger partial charge on any atom is -0.497 e. The number of hydrogen-bond acceptors (Lipinski definition) is 4. The molecule has 0 saturated heterocycles. The van der Waals surface area contributed by atoms with Crippen molar-refractivity contribution in [2.45, 2.75) is 10.9 Å². The summed E-state index contributed by atoms with van der Waals surface area (Å²) in [6, 6.07) is 25.8. The summed E-state index contributed by atoms with van der Waals surface area (Å²) in [4.78, 5) is 0. The highest BCUT2D eigenvalue weighted by Gasteiger charge is 2.17. The van der Waals surface area contributed by atoms with Crippen molar-refractivity contribution in [2.24, 2.45) is 0 Å². The Morgan fingerprint density at radius 2 is 1.71 bits per heavy atom. The van der Waals surface area contributed by atoms with Crippen molar-refractivity contribution in [3.05, 3.63) is 89.4 Å². The van der Waals surface area contributed by atoms with Crippen LogP contribution in [0.1, 0.15) is 5.56 Å². The molecule has 28 heavy (non-hydrogen) atoms. The number of benzene rings is 3. The van der Waals surface area contributed by atoms with Gasteiger partial charge in [-0.3, -0.25) is 4.57 Å². The van der Waals surface area contributed by atoms with Crippen LogP contribution in [-0.4, -0.2) is 21.9 Å². The Balaban J connectivity index is 1.75. The molecule has 0 radical (unpaired) electrons. The zero-order valence-electron chi connectivity index (χ0n) is 15.2. The average molecular weight is 408 g/mol. The van der Waals surface area contributed by atoms with Gasteiger partial charge >= 0.3 is 0 Å². The molecule has 0 amide bonds. The minimum atomic E-state index is 0.711. The van der Waals surface area contributed by atoms with Crippen LogP contribution >= 0.6 is 23.4 Å². The molecule has 4 rings (SSSR count). The van der Waals surface area contributed by atoms with Crippen LogP contribution < -0.4 is 4.74 Å². The Bertz CT molecular complexity index is 1080. The van der Waals surface area contributed by atoms with E-state index in [2.05, 4.69) is 14.8 Å². The second-order valence-electron chi connectivity index (χ2n) is 6.09. The van der Waals surface area contributed by atoms with E-state index >= 15 is 0 Å². The van der Waals surface area contributed by atoms with E-state index in [1.165, 1.54) is 0 Å². The highest BCUT2D eigenvalue weighted by Crippen LogP contribution is 2.32. The number of thioether (sulfide) groups is 1. The lowest BCUT2D eigenvalue weighted by Gasteiger charge is -2.11. The van der Waals surface area contributed by atoms with Crippen molar-refractivity contribution >= 4 is 23.4 Å². The maximum Gasteiger partial charge on any atom is 0.196 e. The first-order valence-electron chi connectivity index (χ1n) is 8.78. The fraction of sp³-hybridized carbons (Fsp3) is 0.0909. The molecule has 0 N–H and O–H groups in total. The van der Waals surface area contributed by atoms with Crippen molar-refractivity contribution in [2.75, 3.05) is 7.11 Å². The number of para-hydroxylation sites is 1. The Labute approximate surface area is 173 Å². The first-order valence-corrected chi connectivity index (χ1v) is 10.1. The lowest BCUT2D eigenvalue weighted by molar-refractivity contribution is 0.415. The van der Waals surface area contributed by atoms with E-state index in [1.807, 2.05) is 78.9 Å². The number of ether oxygens (including phenoxy) is 1. The molecule has 0 aliphatic heterocycles. The van der Waals surface area contributed by atoms with Gasteiger partial charge in [0.25, 0.3) is 0 Å². The quantitative estimate of drug-likeness (QED) is 0.374. The van der Waals surface area contributed by atoms with E-state index in [4.69, 9.17) is 16.3 Å². The molecule has 0 fully saturated rings. The van der Waals surface area contributed by atoms with E-state index < -0.39 is 0 Å². The van der Waals surface area contributed by atoms with Gasteiger partial charge in [0, 0.05) is 22.0 Å². The summed E-state index contributed by atoms with van der Waals surface area (Å²) >= 11 is 7.92. The van der Waals surface area contributed by atoms with Crippen LogP contribution in [0.5, 0.6) is 5.75 Å². The Hall–Kier alpha value is -2.76. The third kappa shape index (κ3) is 3.91. The summed E-state index contributed by atoms with van der Waals surface area (Å²) in [5.74, 6) is 2.26. The lowest BCUT2D eigenvalue weighted by atomic mass is 10.2. The number of methoxy groups -OCH3 is 1. The molecular formula is C22H18ClN3OS. The number of halogens is 1. The molecule has 4 nitrogen and oxygen atoms in total. The average Bonchev–Trinajstić information content (AvgIpc) is 3.18. The summed E-state index contributed by atoms with van der Waals surface area (Å²) in [6.07, 6.45) is 0. The third-order valence-corrected chi connectivity index (χ3v) is 5.64. The standard InChI is InChI=1S/C22H18ClN3OS/c1-27-19-12-7-9-16(14-19)21-24-25-22(26(21)18-10-3-2-4-11-18)28-15-17-8-5-6-13-20(17)23/h2-14H,15H2,1H3. The zero-order valence-corrected chi connectivity index (χ0v) is 16.8. The van der Waals surface area contributed by atoms with Gasteiger partial charge in [-0.15, -0.1) is 10.2 Å². The molecular weight excluding hydrogens is 390 g/mol. The smallest absolute Gasteiger partial charge is 0.196 e. The maximum atomic E-state index is 6.31. The van der Waals surface area contributed by atoms with Gasteiger partial charge in [-0.2, -0.15) is 0 Å². The maximum absolute atomic E-state index is 6.31. The SMILES string of the molecule is COc1cccc(-c2nnc(SCc3ccccc3Cl)n2-c2ccccc2)c1. The van der Waals surface area contributed by atoms with Gasteiger partial charge in [0.1, 0.15) is 5.75 Å². The normalized spacial score (nSPS) is 10.8. The molecule has 0 saturated carbocycles. The molecule has 0 aliphatic rings. The first kappa shape index (κ1) is 18.6. The van der Waals surface area contributed by atoms with Crippen LogP contribution in [0.4, 0.5) is 0 Å². The highest BCUT2D eigenvalue weighted by molar-refractivity contribution is 7.98. The van der Waals surface area contributed by atoms with Crippen LogP contribution in [0.2, 0.25) is 5.02 Å². The highest BCUT2D eigenvalue weighted by atomic mass is 35.5. The van der Waals surface area contributed by atoms with Crippen molar-refractivity contribution in [3.63, 3.8) is 0 Å². The van der Waals surface area contributed by atoms with Gasteiger partial charge in [0.2, 0.25) is 0 Å². The van der Waals surface area contributed by atoms with Crippen LogP contribution in [0.15, 0.2) is 84.0 Å². The number of hydrogen-bond donors (Lipinski definition) is 0. The second kappa shape index (κ2) is 8.50. The van der Waals surface area contributed by atoms with Crippen LogP contribution in [-0.2, 0) is 5.75 Å². The van der Waals surface area contributed by atoms with Crippen molar-refractivity contribution in [1.29, 1.82) is 0 Å². The Morgan fingerprint density at radius 3 is 2.50 bits per heavy atom. The van der Waals surface area contributed by atoms with Crippen LogP contribution in [0.25, 0.3) is 17.1 Å². The van der Waals surface area contributed by atoms with E-state index in [1.54, 1.807) is 18.9 Å². The third-order valence-electron chi connectivity index (χ3n) is 4.29. The fourth-order valence-corrected chi connectivity index (χ4v) is 4.12. The van der Waals surface area contributed by atoms with E-state index in [0.29, 0.717) is 5.75 Å². The zero-order chi connectivity index (χ0) is 19.3. The summed E-state index contributed by atoms with van der Waals surface area (Å²) < 4.78 is 7.44. The predicted octanol–water partition coefficient (Wildman–Crippen LogP) is 5.89. The van der Waals surface area contributed by atoms with Crippen molar-refractivity contribution < 1.29 is 4.74 Å². The predicted molar refractivity (Wildman–Crippen MR) is 114 cm³/mol. The van der Waals surface area contributed by atoms with Gasteiger partial charge < -0.3 is 4.74 Å². The summed E-state index contributed by atoms with van der Waals surface area (Å²) in [6.45, 7) is 0. The summed E-state index contributed by atoms with van der Waals surface area (Å²) in [5.41, 5.74) is 3.02. The van der Waals surface area contributed by atoms with Crippen molar-refractivity contribution in [1.82, 2.24) is 14.8 Å². The monoisotopic (exact) mass is 407 g/mol. The van der Waals surface area contributed by atoms with E-state index in [9.17, 15) is 0 Å². The van der Waals surface area contributed by atoms with Gasteiger partial charge in [-0.25, -0.2) is 0 Å². The minimum absolute atomic E-state index is 0.711. The van der Waals surface area contributed by atoms with E-state index in [0.717, 1.165) is 38.6 Å². The molecule has 0 unspecified atom stereocenters. The number of aromatic nitrogens is 3. The fourth-order valence-electron chi connectivity index (χ4n) is 2.88. The molecule has 0 aliphatic carbocycles. The van der Waals surface area contributed by atoms with Crippen molar-refractivity contribution in [3.8, 4) is 22.8 Å². The lowest BCUT2D eigenvalue weighted by Crippen LogP contribution is -2.00. The molecule has 1 aromatic heterocycles. The molecule has 6 heteroatoms. The van der Waals surface area contributed by atoms with E-state index in [-0.39, 0.29) is 0 Å². The Kier molecular flexibility index (Phi) is 5.65. The van der Waals surface area contributed by atoms with Crippen LogP contribution in [0, 0.1) is 0 Å². The van der Waals surface area contributed by atoms with Gasteiger partial charge in [0.05, 0.1) is 7.11 Å². The molecule has 4 aromatic rings. The Morgan fingerprint density at radius 1 is 0.929 bits per heavy atom. The van der Waals surface area contributed by atoms with Gasteiger partial charge in [0.15, 0.2) is 11.0 Å². The molecule has 0 spiro atoms. The van der Waals surface area contributed by atoms with Gasteiger partial charge in [-0.1, -0.05) is 71.9 Å². The molecule has 1 heterocycles. The largest absolute Gasteiger partial charge is 0.497 e. The van der Waals surface area contributed by atoms with Gasteiger partial charge in [-0.05, 0) is 35.9 Å². The molecule has 0 bridgehead atoms.